The van der Waals surface area contributed by atoms with Crippen LogP contribution in [0.2, 0.25) is 0 Å². The fraction of sp³-hybridized carbons (Fsp3) is 0.429. The lowest BCUT2D eigenvalue weighted by Crippen LogP contribution is -2.46. The maximum Gasteiger partial charge on any atom is 0.433 e. The number of anilines is 3. The van der Waals surface area contributed by atoms with E-state index >= 15 is 0 Å². The lowest BCUT2D eigenvalue weighted by molar-refractivity contribution is -0.141. The van der Waals surface area contributed by atoms with Crippen LogP contribution < -0.4 is 10.2 Å². The van der Waals surface area contributed by atoms with Crippen molar-refractivity contribution in [2.75, 3.05) is 16.8 Å². The molecule has 7 nitrogen and oxygen atoms in total. The van der Waals surface area contributed by atoms with Crippen molar-refractivity contribution >= 4 is 34.2 Å². The summed E-state index contributed by atoms with van der Waals surface area (Å²) in [4.78, 5) is 24.2. The Balaban J connectivity index is 1.88. The Morgan fingerprint density at radius 1 is 1.44 bits per heavy atom. The molecule has 0 aromatic carbocycles. The van der Waals surface area contributed by atoms with E-state index in [4.69, 9.17) is 5.11 Å². The maximum absolute atomic E-state index is 13.1. The largest absolute Gasteiger partial charge is 0.481 e. The molecule has 0 aliphatic carbocycles. The van der Waals surface area contributed by atoms with Gasteiger partial charge in [0, 0.05) is 24.0 Å². The van der Waals surface area contributed by atoms with Crippen LogP contribution in [0.25, 0.3) is 0 Å². The van der Waals surface area contributed by atoms with Gasteiger partial charge in [-0.3, -0.25) is 4.79 Å². The summed E-state index contributed by atoms with van der Waals surface area (Å²) in [7, 11) is 0. The fourth-order valence-electron chi connectivity index (χ4n) is 2.30. The molecule has 3 rings (SSSR count). The summed E-state index contributed by atoms with van der Waals surface area (Å²) in [5.74, 6) is -1.06. The molecule has 0 radical (unpaired) electrons. The zero-order valence-electron chi connectivity index (χ0n) is 13.0. The van der Waals surface area contributed by atoms with Crippen molar-refractivity contribution in [3.05, 3.63) is 22.8 Å². The SMILES string of the molecule is C[C@H]1CCN1c1nc(Nc2nc(CC(=O)O)cs2)cc(C(F)(F)F)n1. The number of hydrogen-bond acceptors (Lipinski definition) is 7. The molecule has 25 heavy (non-hydrogen) atoms. The molecule has 0 amide bonds. The predicted octanol–water partition coefficient (Wildman–Crippen LogP) is 2.92. The first kappa shape index (κ1) is 17.4. The molecule has 2 N–H and O–H groups in total. The van der Waals surface area contributed by atoms with Gasteiger partial charge in [0.15, 0.2) is 10.8 Å². The van der Waals surface area contributed by atoms with Gasteiger partial charge in [0.2, 0.25) is 5.95 Å². The molecule has 0 saturated carbocycles. The van der Waals surface area contributed by atoms with Crippen LogP contribution >= 0.6 is 11.3 Å². The molecule has 1 aliphatic heterocycles. The van der Waals surface area contributed by atoms with Crippen molar-refractivity contribution in [2.45, 2.75) is 32.0 Å². The molecule has 11 heteroatoms. The Hall–Kier alpha value is -2.43. The Morgan fingerprint density at radius 3 is 2.76 bits per heavy atom. The number of thiazole rings is 1. The van der Waals surface area contributed by atoms with Gasteiger partial charge >= 0.3 is 12.1 Å². The Labute approximate surface area is 144 Å². The van der Waals surface area contributed by atoms with Crippen LogP contribution in [0, 0.1) is 0 Å². The molecule has 1 fully saturated rings. The monoisotopic (exact) mass is 373 g/mol. The lowest BCUT2D eigenvalue weighted by Gasteiger charge is -2.38. The van der Waals surface area contributed by atoms with Crippen molar-refractivity contribution in [1.82, 2.24) is 15.0 Å². The smallest absolute Gasteiger partial charge is 0.433 e. The van der Waals surface area contributed by atoms with Crippen molar-refractivity contribution in [2.24, 2.45) is 0 Å². The minimum absolute atomic E-state index is 0.0124. The van der Waals surface area contributed by atoms with E-state index < -0.39 is 17.8 Å². The van der Waals surface area contributed by atoms with Crippen LogP contribution in [0.4, 0.5) is 30.1 Å². The number of nitrogens with zero attached hydrogens (tertiary/aromatic N) is 4. The zero-order valence-corrected chi connectivity index (χ0v) is 13.9. The topological polar surface area (TPSA) is 91.2 Å². The quantitative estimate of drug-likeness (QED) is 0.833. The summed E-state index contributed by atoms with van der Waals surface area (Å²) in [6.45, 7) is 2.49. The van der Waals surface area contributed by atoms with Gasteiger partial charge in [-0.1, -0.05) is 0 Å². The Morgan fingerprint density at radius 2 is 2.20 bits per heavy atom. The second-order valence-electron chi connectivity index (χ2n) is 5.61. The molecular weight excluding hydrogens is 359 g/mol. The number of carboxylic acids is 1. The maximum atomic E-state index is 13.1. The first-order valence-corrected chi connectivity index (χ1v) is 8.26. The number of carbonyl (C=O) groups is 1. The van der Waals surface area contributed by atoms with Gasteiger partial charge in [0.25, 0.3) is 0 Å². The van der Waals surface area contributed by atoms with Gasteiger partial charge in [-0.15, -0.1) is 11.3 Å². The number of hydrogen-bond donors (Lipinski definition) is 2. The summed E-state index contributed by atoms with van der Waals surface area (Å²) < 4.78 is 39.3. The highest BCUT2D eigenvalue weighted by Crippen LogP contribution is 2.33. The van der Waals surface area contributed by atoms with Crippen LogP contribution in [0.3, 0.4) is 0 Å². The number of alkyl halides is 3. The average molecular weight is 373 g/mol. The van der Waals surface area contributed by atoms with Gasteiger partial charge < -0.3 is 15.3 Å². The van der Waals surface area contributed by atoms with Crippen molar-refractivity contribution in [3.8, 4) is 0 Å². The Kier molecular flexibility index (Phi) is 4.50. The molecule has 2 aromatic rings. The van der Waals surface area contributed by atoms with E-state index in [9.17, 15) is 18.0 Å². The van der Waals surface area contributed by atoms with Gasteiger partial charge in [-0.25, -0.2) is 9.97 Å². The molecule has 2 aromatic heterocycles. The number of carboxylic acid groups (broad SMARTS) is 1. The number of aromatic nitrogens is 3. The van der Waals surface area contributed by atoms with Gasteiger partial charge in [-0.2, -0.15) is 18.2 Å². The van der Waals surface area contributed by atoms with E-state index in [0.717, 1.165) is 23.8 Å². The second kappa shape index (κ2) is 6.47. The third-order valence-corrected chi connectivity index (χ3v) is 4.51. The van der Waals surface area contributed by atoms with E-state index in [1.807, 2.05) is 6.92 Å². The third-order valence-electron chi connectivity index (χ3n) is 3.70. The molecule has 1 saturated heterocycles. The molecule has 0 bridgehead atoms. The summed E-state index contributed by atoms with van der Waals surface area (Å²) in [6, 6.07) is 0.894. The molecule has 1 atom stereocenters. The van der Waals surface area contributed by atoms with Crippen LogP contribution in [0.1, 0.15) is 24.7 Å². The molecule has 1 aliphatic rings. The normalized spacial score (nSPS) is 17.3. The Bertz CT molecular complexity index is 795. The predicted molar refractivity (Wildman–Crippen MR) is 85.2 cm³/mol. The summed E-state index contributed by atoms with van der Waals surface area (Å²) in [5.41, 5.74) is -0.719. The van der Waals surface area contributed by atoms with Gasteiger partial charge in [-0.05, 0) is 13.3 Å². The number of aliphatic carboxylic acids is 1. The van der Waals surface area contributed by atoms with Crippen LogP contribution in [-0.2, 0) is 17.4 Å². The second-order valence-corrected chi connectivity index (χ2v) is 6.46. The number of rotatable bonds is 5. The first-order valence-electron chi connectivity index (χ1n) is 7.38. The molecule has 0 unspecified atom stereocenters. The summed E-state index contributed by atoms with van der Waals surface area (Å²) >= 11 is 1.09. The van der Waals surface area contributed by atoms with Crippen molar-refractivity contribution in [3.63, 3.8) is 0 Å². The van der Waals surface area contributed by atoms with Crippen molar-refractivity contribution in [1.29, 1.82) is 0 Å². The zero-order chi connectivity index (χ0) is 18.2. The number of halogens is 3. The average Bonchev–Trinajstić information content (AvgIpc) is 2.90. The van der Waals surface area contributed by atoms with Crippen molar-refractivity contribution < 1.29 is 23.1 Å². The lowest BCUT2D eigenvalue weighted by atomic mass is 10.1. The van der Waals surface area contributed by atoms with Gasteiger partial charge in [0.1, 0.15) is 5.82 Å². The fourth-order valence-corrected chi connectivity index (χ4v) is 3.01. The first-order chi connectivity index (χ1) is 11.7. The van der Waals surface area contributed by atoms with Crippen LogP contribution in [-0.4, -0.2) is 38.6 Å². The molecule has 134 valence electrons. The highest BCUT2D eigenvalue weighted by Gasteiger charge is 2.35. The molecule has 0 spiro atoms. The van der Waals surface area contributed by atoms with Crippen LogP contribution in [0.5, 0.6) is 0 Å². The standard InChI is InChI=1S/C14H14F3N5O2S/c1-7-2-3-22(7)12-19-9(14(15,16)17)5-10(20-12)21-13-18-8(6-25-13)4-11(23)24/h5-7H,2-4H2,1H3,(H,23,24)(H,18,19,20,21)/t7-/m0/s1. The van der Waals surface area contributed by atoms with Gasteiger partial charge in [0.05, 0.1) is 12.1 Å². The van der Waals surface area contributed by atoms with E-state index in [1.54, 1.807) is 4.90 Å². The van der Waals surface area contributed by atoms with E-state index in [2.05, 4.69) is 20.3 Å². The molecule has 3 heterocycles. The highest BCUT2D eigenvalue weighted by molar-refractivity contribution is 7.13. The van der Waals surface area contributed by atoms with E-state index in [1.165, 1.54) is 5.38 Å². The number of nitrogens with one attached hydrogen (secondary N) is 1. The van der Waals surface area contributed by atoms with E-state index in [0.29, 0.717) is 12.2 Å². The molecular formula is C14H14F3N5O2S. The van der Waals surface area contributed by atoms with E-state index in [-0.39, 0.29) is 29.4 Å². The minimum atomic E-state index is -4.60. The highest BCUT2D eigenvalue weighted by atomic mass is 32.1. The van der Waals surface area contributed by atoms with Crippen LogP contribution in [0.15, 0.2) is 11.4 Å². The summed E-state index contributed by atoms with van der Waals surface area (Å²) in [6.07, 6.45) is -3.99. The summed E-state index contributed by atoms with van der Waals surface area (Å²) in [5, 5.41) is 13.2. The third kappa shape index (κ3) is 3.98. The minimum Gasteiger partial charge on any atom is -0.481 e.